The minimum atomic E-state index is 0.0413. The fourth-order valence-corrected chi connectivity index (χ4v) is 2.72. The van der Waals surface area contributed by atoms with Crippen LogP contribution in [0.25, 0.3) is 0 Å². The third kappa shape index (κ3) is 3.42. The maximum Gasteiger partial charge on any atom is 0.138 e. The van der Waals surface area contributed by atoms with Crippen molar-refractivity contribution in [1.82, 2.24) is 4.90 Å². The number of rotatable bonds is 4. The summed E-state index contributed by atoms with van der Waals surface area (Å²) < 4.78 is 0. The van der Waals surface area contributed by atoms with E-state index in [1.165, 1.54) is 5.56 Å². The quantitative estimate of drug-likeness (QED) is 0.832. The van der Waals surface area contributed by atoms with Crippen LogP contribution in [0.3, 0.4) is 0 Å². The molecule has 0 bridgehead atoms. The third-order valence-corrected chi connectivity index (χ3v) is 3.99. The molecule has 0 amide bonds. The first-order chi connectivity index (χ1) is 9.22. The van der Waals surface area contributed by atoms with Crippen molar-refractivity contribution in [3.63, 3.8) is 0 Å². The zero-order chi connectivity index (χ0) is 13.7. The summed E-state index contributed by atoms with van der Waals surface area (Å²) in [4.78, 5) is 14.2. The number of hydrogen-bond donors (Lipinski definition) is 0. The molecule has 1 heterocycles. The SMILES string of the molecule is C[C@@H](c1ccccc1)N1CCC(=O)[C@@H](CCC#N)C1. The number of carbonyl (C=O) groups is 1. The van der Waals surface area contributed by atoms with E-state index in [1.807, 2.05) is 18.2 Å². The van der Waals surface area contributed by atoms with Crippen LogP contribution < -0.4 is 0 Å². The predicted molar refractivity (Wildman–Crippen MR) is 74.4 cm³/mol. The number of nitriles is 1. The second-order valence-electron chi connectivity index (χ2n) is 5.19. The maximum atomic E-state index is 11.9. The van der Waals surface area contributed by atoms with Crippen molar-refractivity contribution < 1.29 is 4.79 Å². The molecular formula is C16H20N2O. The van der Waals surface area contributed by atoms with Crippen LogP contribution in [0.2, 0.25) is 0 Å². The molecule has 19 heavy (non-hydrogen) atoms. The van der Waals surface area contributed by atoms with E-state index in [4.69, 9.17) is 5.26 Å². The lowest BCUT2D eigenvalue weighted by atomic mass is 9.90. The van der Waals surface area contributed by atoms with Crippen molar-refractivity contribution in [1.29, 1.82) is 5.26 Å². The summed E-state index contributed by atoms with van der Waals surface area (Å²) >= 11 is 0. The summed E-state index contributed by atoms with van der Waals surface area (Å²) in [6, 6.07) is 12.9. The van der Waals surface area contributed by atoms with Crippen LogP contribution in [-0.2, 0) is 4.79 Å². The Morgan fingerprint density at radius 1 is 1.42 bits per heavy atom. The standard InChI is InChI=1S/C16H20N2O/c1-13(14-6-3-2-4-7-14)18-11-9-16(19)15(12-18)8-5-10-17/h2-4,6-7,13,15H,5,8-9,11-12H2,1H3/t13-,15-/m0/s1. The summed E-state index contributed by atoms with van der Waals surface area (Å²) in [7, 11) is 0. The molecule has 1 fully saturated rings. The fraction of sp³-hybridized carbons (Fsp3) is 0.500. The first kappa shape index (κ1) is 13.8. The minimum Gasteiger partial charge on any atom is -0.299 e. The summed E-state index contributed by atoms with van der Waals surface area (Å²) in [6.07, 6.45) is 1.80. The highest BCUT2D eigenvalue weighted by Crippen LogP contribution is 2.26. The molecule has 1 aliphatic heterocycles. The molecule has 0 unspecified atom stereocenters. The zero-order valence-electron chi connectivity index (χ0n) is 11.4. The smallest absolute Gasteiger partial charge is 0.138 e. The second-order valence-corrected chi connectivity index (χ2v) is 5.19. The molecule has 0 aliphatic carbocycles. The third-order valence-electron chi connectivity index (χ3n) is 3.99. The first-order valence-corrected chi connectivity index (χ1v) is 6.91. The largest absolute Gasteiger partial charge is 0.299 e. The van der Waals surface area contributed by atoms with Crippen molar-refractivity contribution in [3.8, 4) is 6.07 Å². The maximum absolute atomic E-state index is 11.9. The van der Waals surface area contributed by atoms with Gasteiger partial charge in [0.2, 0.25) is 0 Å². The molecule has 100 valence electrons. The average Bonchev–Trinajstić information content (AvgIpc) is 2.46. The highest BCUT2D eigenvalue weighted by Gasteiger charge is 2.29. The predicted octanol–water partition coefficient (Wildman–Crippen LogP) is 2.94. The number of piperidine rings is 1. The van der Waals surface area contributed by atoms with Gasteiger partial charge in [0.15, 0.2) is 0 Å². The minimum absolute atomic E-state index is 0.0413. The molecule has 1 aromatic rings. The van der Waals surface area contributed by atoms with E-state index in [0.29, 0.717) is 31.1 Å². The Morgan fingerprint density at radius 3 is 2.84 bits per heavy atom. The van der Waals surface area contributed by atoms with Crippen molar-refractivity contribution in [2.45, 2.75) is 32.2 Å². The van der Waals surface area contributed by atoms with Crippen molar-refractivity contribution in [3.05, 3.63) is 35.9 Å². The Hall–Kier alpha value is -1.66. The van der Waals surface area contributed by atoms with Gasteiger partial charge in [-0.05, 0) is 18.9 Å². The molecular weight excluding hydrogens is 236 g/mol. The molecule has 3 nitrogen and oxygen atoms in total. The second kappa shape index (κ2) is 6.49. The number of likely N-dealkylation sites (tertiary alicyclic amines) is 1. The van der Waals surface area contributed by atoms with Gasteiger partial charge in [-0.2, -0.15) is 5.26 Å². The first-order valence-electron chi connectivity index (χ1n) is 6.91. The van der Waals surface area contributed by atoms with E-state index in [1.54, 1.807) is 0 Å². The lowest BCUT2D eigenvalue weighted by Crippen LogP contribution is -2.42. The van der Waals surface area contributed by atoms with E-state index in [9.17, 15) is 4.79 Å². The molecule has 1 aliphatic rings. The van der Waals surface area contributed by atoms with Gasteiger partial charge in [0.05, 0.1) is 6.07 Å². The van der Waals surface area contributed by atoms with Gasteiger partial charge >= 0.3 is 0 Å². The van der Waals surface area contributed by atoms with Crippen LogP contribution in [0.5, 0.6) is 0 Å². The van der Waals surface area contributed by atoms with E-state index >= 15 is 0 Å². The van der Waals surface area contributed by atoms with Crippen LogP contribution in [0.1, 0.15) is 37.8 Å². The van der Waals surface area contributed by atoms with Gasteiger partial charge < -0.3 is 0 Å². The Labute approximate surface area is 114 Å². The van der Waals surface area contributed by atoms with Crippen LogP contribution >= 0.6 is 0 Å². The average molecular weight is 256 g/mol. The Balaban J connectivity index is 2.01. The molecule has 1 aromatic carbocycles. The number of Topliss-reactive ketones (excluding diaryl/α,β-unsaturated/α-hetero) is 1. The van der Waals surface area contributed by atoms with Crippen LogP contribution in [0, 0.1) is 17.2 Å². The van der Waals surface area contributed by atoms with Gasteiger partial charge in [-0.15, -0.1) is 0 Å². The van der Waals surface area contributed by atoms with Gasteiger partial charge in [-0.3, -0.25) is 9.69 Å². The molecule has 0 spiro atoms. The molecule has 0 saturated carbocycles. The Kier molecular flexibility index (Phi) is 4.70. The van der Waals surface area contributed by atoms with Crippen LogP contribution in [-0.4, -0.2) is 23.8 Å². The van der Waals surface area contributed by atoms with Crippen molar-refractivity contribution in [2.24, 2.45) is 5.92 Å². The summed E-state index contributed by atoms with van der Waals surface area (Å²) in [6.45, 7) is 3.81. The number of carbonyl (C=O) groups excluding carboxylic acids is 1. The molecule has 0 N–H and O–H groups in total. The summed E-state index contributed by atoms with van der Waals surface area (Å²) in [5.74, 6) is 0.367. The van der Waals surface area contributed by atoms with Crippen LogP contribution in [0.15, 0.2) is 30.3 Å². The highest BCUT2D eigenvalue weighted by molar-refractivity contribution is 5.82. The highest BCUT2D eigenvalue weighted by atomic mass is 16.1. The van der Waals surface area contributed by atoms with Gasteiger partial charge in [-0.1, -0.05) is 30.3 Å². The van der Waals surface area contributed by atoms with Crippen LogP contribution in [0.4, 0.5) is 0 Å². The number of nitrogens with zero attached hydrogens (tertiary/aromatic N) is 2. The molecule has 2 atom stereocenters. The lowest BCUT2D eigenvalue weighted by Gasteiger charge is -2.36. The van der Waals surface area contributed by atoms with E-state index in [-0.39, 0.29) is 5.92 Å². The molecule has 3 heteroatoms. The fourth-order valence-electron chi connectivity index (χ4n) is 2.72. The number of hydrogen-bond acceptors (Lipinski definition) is 3. The van der Waals surface area contributed by atoms with E-state index in [2.05, 4.69) is 30.0 Å². The molecule has 2 rings (SSSR count). The Morgan fingerprint density at radius 2 is 2.16 bits per heavy atom. The van der Waals surface area contributed by atoms with Gasteiger partial charge in [-0.25, -0.2) is 0 Å². The Bertz CT molecular complexity index is 463. The number of benzene rings is 1. The van der Waals surface area contributed by atoms with E-state index in [0.717, 1.165) is 13.1 Å². The number of ketones is 1. The normalized spacial score (nSPS) is 21.9. The van der Waals surface area contributed by atoms with Gasteiger partial charge in [0, 0.05) is 37.9 Å². The van der Waals surface area contributed by atoms with Gasteiger partial charge in [0.1, 0.15) is 5.78 Å². The van der Waals surface area contributed by atoms with E-state index < -0.39 is 0 Å². The lowest BCUT2D eigenvalue weighted by molar-refractivity contribution is -0.127. The summed E-state index contributed by atoms with van der Waals surface area (Å²) in [5.41, 5.74) is 1.29. The van der Waals surface area contributed by atoms with Gasteiger partial charge in [0.25, 0.3) is 0 Å². The molecule has 1 saturated heterocycles. The van der Waals surface area contributed by atoms with Crippen molar-refractivity contribution >= 4 is 5.78 Å². The molecule has 0 radical (unpaired) electrons. The topological polar surface area (TPSA) is 44.1 Å². The monoisotopic (exact) mass is 256 g/mol. The zero-order valence-corrected chi connectivity index (χ0v) is 11.4. The van der Waals surface area contributed by atoms with Crippen molar-refractivity contribution in [2.75, 3.05) is 13.1 Å². The molecule has 0 aromatic heterocycles. The summed E-state index contributed by atoms with van der Waals surface area (Å²) in [5, 5.41) is 8.66.